The summed E-state index contributed by atoms with van der Waals surface area (Å²) in [6.07, 6.45) is 0. The van der Waals surface area contributed by atoms with E-state index in [0.717, 1.165) is 4.73 Å². The molecule has 0 radical (unpaired) electrons. The predicted molar refractivity (Wildman–Crippen MR) is 57.4 cm³/mol. The van der Waals surface area contributed by atoms with Gasteiger partial charge in [0.25, 0.3) is 7.40 Å². The van der Waals surface area contributed by atoms with Crippen LogP contribution in [0.1, 0.15) is 0 Å². The molecule has 0 atom stereocenters. The Morgan fingerprint density at radius 1 is 1.36 bits per heavy atom. The van der Waals surface area contributed by atoms with E-state index in [1.54, 1.807) is 19.2 Å². The average molecular weight is 377 g/mol. The van der Waals surface area contributed by atoms with Crippen LogP contribution in [0.15, 0.2) is 12.1 Å². The Kier molecular flexibility index (Phi) is 3.16. The second-order valence-electron chi connectivity index (χ2n) is 1.83. The molecule has 1 aromatic heterocycles. The lowest BCUT2D eigenvalue weighted by Gasteiger charge is -2.03. The van der Waals surface area contributed by atoms with Gasteiger partial charge in [-0.3, -0.25) is 0 Å². The Labute approximate surface area is 91.6 Å². The zero-order chi connectivity index (χ0) is 8.43. The quantitative estimate of drug-likeness (QED) is 0.322. The van der Waals surface area contributed by atoms with Gasteiger partial charge in [-0.05, 0) is 0 Å². The lowest BCUT2D eigenvalue weighted by molar-refractivity contribution is -0.632. The predicted octanol–water partition coefficient (Wildman–Crippen LogP) is 1.54. The molecule has 11 heavy (non-hydrogen) atoms. The van der Waals surface area contributed by atoms with Gasteiger partial charge in [0.15, 0.2) is 0 Å². The molecule has 0 N–H and O–H groups in total. The number of nitrogens with zero attached hydrogens (tertiary/aromatic N) is 1. The fourth-order valence-electron chi connectivity index (χ4n) is 0.614. The highest BCUT2D eigenvalue weighted by molar-refractivity contribution is 14.1. The van der Waals surface area contributed by atoms with E-state index in [1.807, 2.05) is 45.2 Å². The van der Waals surface area contributed by atoms with Gasteiger partial charge < -0.3 is 9.94 Å². The second-order valence-corrected chi connectivity index (χ2v) is 4.05. The number of ether oxygens (including phenoxy) is 1. The summed E-state index contributed by atoms with van der Waals surface area (Å²) >= 11 is 3.93. The first kappa shape index (κ1) is 9.30. The first-order chi connectivity index (χ1) is 5.15. The number of hydrogen-bond acceptors (Lipinski definition) is 2. The van der Waals surface area contributed by atoms with Crippen molar-refractivity contribution in [3.63, 3.8) is 0 Å². The van der Waals surface area contributed by atoms with E-state index in [1.165, 1.54) is 0 Å². The van der Waals surface area contributed by atoms with Gasteiger partial charge in [-0.15, -0.1) is 0 Å². The van der Waals surface area contributed by atoms with E-state index in [0.29, 0.717) is 13.2 Å². The smallest absolute Gasteiger partial charge is 0.256 e. The summed E-state index contributed by atoms with van der Waals surface area (Å²) in [5.41, 5.74) is 0. The third-order valence-corrected chi connectivity index (χ3v) is 2.65. The lowest BCUT2D eigenvalue weighted by Crippen LogP contribution is -2.34. The van der Waals surface area contributed by atoms with Gasteiger partial charge >= 0.3 is 0 Å². The molecule has 0 spiro atoms. The minimum atomic E-state index is 0.617. The second kappa shape index (κ2) is 3.74. The number of methoxy groups -OCH3 is 1. The summed E-state index contributed by atoms with van der Waals surface area (Å²) in [6, 6.07) is 3.38. The van der Waals surface area contributed by atoms with Crippen molar-refractivity contribution in [3.05, 3.63) is 24.7 Å². The van der Waals surface area contributed by atoms with Crippen molar-refractivity contribution in [2.75, 3.05) is 7.11 Å². The van der Waals surface area contributed by atoms with E-state index >= 15 is 0 Å². The average Bonchev–Trinajstić information content (AvgIpc) is 1.99. The highest BCUT2D eigenvalue weighted by Gasteiger charge is 2.08. The highest BCUT2D eigenvalue weighted by atomic mass is 127. The molecule has 0 bridgehead atoms. The third kappa shape index (κ3) is 2.08. The summed E-state index contributed by atoms with van der Waals surface area (Å²) in [5, 5.41) is 11.1. The zero-order valence-electron chi connectivity index (χ0n) is 5.67. The Bertz CT molecular complexity index is 254. The lowest BCUT2D eigenvalue weighted by atomic mass is 10.5. The molecule has 0 unspecified atom stereocenters. The van der Waals surface area contributed by atoms with Crippen LogP contribution in [0.2, 0.25) is 0 Å². The molecule has 3 nitrogen and oxygen atoms in total. The summed E-state index contributed by atoms with van der Waals surface area (Å²) in [6.45, 7) is 0. The normalized spacial score (nSPS) is 9.73. The monoisotopic (exact) mass is 377 g/mol. The van der Waals surface area contributed by atoms with Gasteiger partial charge in [-0.25, -0.2) is 0 Å². The van der Waals surface area contributed by atoms with Crippen LogP contribution in [0.25, 0.3) is 0 Å². The molecule has 60 valence electrons. The molecule has 0 fully saturated rings. The van der Waals surface area contributed by atoms with Gasteiger partial charge in [0.2, 0.25) is 0 Å². The minimum Gasteiger partial charge on any atom is -0.617 e. The van der Waals surface area contributed by atoms with Crippen LogP contribution in [0, 0.1) is 12.6 Å². The number of halogens is 2. The van der Waals surface area contributed by atoms with Crippen molar-refractivity contribution in [2.45, 2.75) is 0 Å². The van der Waals surface area contributed by atoms with Crippen molar-refractivity contribution in [3.8, 4) is 5.75 Å². The summed E-state index contributed by atoms with van der Waals surface area (Å²) < 4.78 is 7.05. The molecule has 0 aliphatic carbocycles. The van der Waals surface area contributed by atoms with E-state index in [2.05, 4.69) is 0 Å². The molecule has 1 rings (SSSR count). The SMILES string of the molecule is COc1cc(I)[n+]([O-])c(I)c1. The molecule has 0 saturated carbocycles. The fraction of sp³-hybridized carbons (Fsp3) is 0.167. The van der Waals surface area contributed by atoms with Crippen molar-refractivity contribution in [1.82, 2.24) is 0 Å². The molecular formula is C6H5I2NO2. The molecule has 0 aromatic carbocycles. The highest BCUT2D eigenvalue weighted by Crippen LogP contribution is 2.14. The van der Waals surface area contributed by atoms with Crippen molar-refractivity contribution in [1.29, 1.82) is 0 Å². The first-order valence-electron chi connectivity index (χ1n) is 2.77. The van der Waals surface area contributed by atoms with Crippen LogP contribution in [0.5, 0.6) is 5.75 Å². The number of rotatable bonds is 1. The topological polar surface area (TPSA) is 36.2 Å². The van der Waals surface area contributed by atoms with Gasteiger partial charge in [0.1, 0.15) is 5.75 Å². The van der Waals surface area contributed by atoms with Gasteiger partial charge in [-0.2, -0.15) is 4.73 Å². The molecule has 0 aliphatic rings. The van der Waals surface area contributed by atoms with Crippen molar-refractivity contribution in [2.24, 2.45) is 0 Å². The summed E-state index contributed by atoms with van der Waals surface area (Å²) in [4.78, 5) is 0. The van der Waals surface area contributed by atoms with Crippen molar-refractivity contribution < 1.29 is 9.47 Å². The molecule has 0 aliphatic heterocycles. The number of aromatic nitrogens is 1. The minimum absolute atomic E-state index is 0.617. The molecular weight excluding hydrogens is 372 g/mol. The van der Waals surface area contributed by atoms with E-state index in [9.17, 15) is 5.21 Å². The zero-order valence-corrected chi connectivity index (χ0v) is 9.99. The molecule has 1 heterocycles. The molecule has 1 aromatic rings. The molecule has 0 amide bonds. The van der Waals surface area contributed by atoms with Crippen LogP contribution < -0.4 is 9.47 Å². The fourth-order valence-corrected chi connectivity index (χ4v) is 2.21. The number of pyridine rings is 1. The van der Waals surface area contributed by atoms with E-state index in [4.69, 9.17) is 4.74 Å². The summed E-state index contributed by atoms with van der Waals surface area (Å²) in [7, 11) is 1.58. The Morgan fingerprint density at radius 2 is 1.82 bits per heavy atom. The van der Waals surface area contributed by atoms with Gasteiger partial charge in [0, 0.05) is 45.2 Å². The van der Waals surface area contributed by atoms with Crippen LogP contribution in [-0.4, -0.2) is 7.11 Å². The largest absolute Gasteiger partial charge is 0.617 e. The Morgan fingerprint density at radius 3 is 2.18 bits per heavy atom. The summed E-state index contributed by atoms with van der Waals surface area (Å²) in [5.74, 6) is 0.714. The van der Waals surface area contributed by atoms with Crippen LogP contribution in [0.3, 0.4) is 0 Å². The molecule has 0 saturated heterocycles. The first-order valence-corrected chi connectivity index (χ1v) is 4.93. The molecule has 5 heteroatoms. The number of hydrogen-bond donors (Lipinski definition) is 0. The Hall–Kier alpha value is 0.210. The Balaban J connectivity index is 3.21. The maximum absolute atomic E-state index is 11.1. The van der Waals surface area contributed by atoms with Gasteiger partial charge in [-0.1, -0.05) is 0 Å². The van der Waals surface area contributed by atoms with E-state index < -0.39 is 0 Å². The van der Waals surface area contributed by atoms with E-state index in [-0.39, 0.29) is 0 Å². The third-order valence-electron chi connectivity index (χ3n) is 1.15. The maximum Gasteiger partial charge on any atom is 0.256 e. The van der Waals surface area contributed by atoms with Gasteiger partial charge in [0.05, 0.1) is 19.2 Å². The van der Waals surface area contributed by atoms with Crippen molar-refractivity contribution >= 4 is 45.2 Å². The van der Waals surface area contributed by atoms with Crippen LogP contribution in [-0.2, 0) is 0 Å². The van der Waals surface area contributed by atoms with Crippen LogP contribution >= 0.6 is 45.2 Å². The maximum atomic E-state index is 11.1. The van der Waals surface area contributed by atoms with Crippen LogP contribution in [0.4, 0.5) is 0 Å². The standard InChI is InChI=1S/C6H5I2NO2/c1-11-4-2-5(7)9(10)6(8)3-4/h2-3H,1H3.